The van der Waals surface area contributed by atoms with Crippen LogP contribution in [-0.2, 0) is 6.54 Å². The lowest BCUT2D eigenvalue weighted by atomic mass is 9.99. The summed E-state index contributed by atoms with van der Waals surface area (Å²) in [5, 5.41) is 0. The summed E-state index contributed by atoms with van der Waals surface area (Å²) >= 11 is 0. The van der Waals surface area contributed by atoms with Gasteiger partial charge in [-0.3, -0.25) is 4.79 Å². The lowest BCUT2D eigenvalue weighted by Gasteiger charge is -2.25. The predicted molar refractivity (Wildman–Crippen MR) is 128 cm³/mol. The molecule has 0 aromatic heterocycles. The van der Waals surface area contributed by atoms with Gasteiger partial charge in [0.2, 0.25) is 0 Å². The fourth-order valence-corrected chi connectivity index (χ4v) is 3.66. The van der Waals surface area contributed by atoms with Gasteiger partial charge in [-0.05, 0) is 65.2 Å². The van der Waals surface area contributed by atoms with Gasteiger partial charge in [-0.15, -0.1) is 0 Å². The van der Waals surface area contributed by atoms with Crippen LogP contribution in [0.4, 0.5) is 5.69 Å². The molecule has 0 atom stereocenters. The van der Waals surface area contributed by atoms with E-state index in [9.17, 15) is 4.79 Å². The number of rotatable bonds is 7. The number of hydrogen-bond acceptors (Lipinski definition) is 3. The Morgan fingerprint density at radius 2 is 1.25 bits per heavy atom. The van der Waals surface area contributed by atoms with E-state index in [4.69, 9.17) is 9.47 Å². The minimum absolute atomic E-state index is 0.0827. The molecule has 0 radical (unpaired) electrons. The van der Waals surface area contributed by atoms with Gasteiger partial charge in [0, 0.05) is 11.3 Å². The van der Waals surface area contributed by atoms with Crippen molar-refractivity contribution in [3.8, 4) is 22.6 Å². The van der Waals surface area contributed by atoms with Crippen LogP contribution < -0.4 is 14.4 Å². The molecule has 0 aliphatic carbocycles. The molecule has 1 amide bonds. The minimum atomic E-state index is -0.0827. The summed E-state index contributed by atoms with van der Waals surface area (Å²) in [5.74, 6) is 1.38. The van der Waals surface area contributed by atoms with Crippen LogP contribution in [-0.4, -0.2) is 20.1 Å². The number of carbonyl (C=O) groups is 1. The van der Waals surface area contributed by atoms with Crippen molar-refractivity contribution in [1.82, 2.24) is 0 Å². The molecule has 0 spiro atoms. The number of methoxy groups -OCH3 is 2. The van der Waals surface area contributed by atoms with Crippen molar-refractivity contribution >= 4 is 11.6 Å². The molecule has 4 rings (SSSR count). The number of nitrogens with zero attached hydrogens (tertiary/aromatic N) is 1. The van der Waals surface area contributed by atoms with E-state index in [0.717, 1.165) is 28.1 Å². The number of benzene rings is 4. The lowest BCUT2D eigenvalue weighted by molar-refractivity contribution is 0.0985. The largest absolute Gasteiger partial charge is 0.497 e. The Morgan fingerprint density at radius 1 is 0.688 bits per heavy atom. The summed E-state index contributed by atoms with van der Waals surface area (Å²) in [6.45, 7) is 0.433. The van der Waals surface area contributed by atoms with Crippen molar-refractivity contribution < 1.29 is 14.3 Å². The van der Waals surface area contributed by atoms with Gasteiger partial charge in [-0.1, -0.05) is 54.6 Å². The molecule has 0 saturated heterocycles. The van der Waals surface area contributed by atoms with Crippen LogP contribution in [0, 0.1) is 0 Å². The van der Waals surface area contributed by atoms with Gasteiger partial charge in [0.15, 0.2) is 0 Å². The maximum absolute atomic E-state index is 13.6. The minimum Gasteiger partial charge on any atom is -0.497 e. The molecule has 0 N–H and O–H groups in total. The smallest absolute Gasteiger partial charge is 0.258 e. The maximum atomic E-state index is 13.6. The molecule has 0 heterocycles. The number of amides is 1. The summed E-state index contributed by atoms with van der Waals surface area (Å²) < 4.78 is 10.5. The number of hydrogen-bond donors (Lipinski definition) is 0. The molecule has 32 heavy (non-hydrogen) atoms. The third-order valence-electron chi connectivity index (χ3n) is 5.40. The molecular weight excluding hydrogens is 398 g/mol. The predicted octanol–water partition coefficient (Wildman–Crippen LogP) is 6.22. The number of carbonyl (C=O) groups excluding carboxylic acids is 1. The van der Waals surface area contributed by atoms with Crippen molar-refractivity contribution in [2.45, 2.75) is 6.54 Å². The molecule has 0 fully saturated rings. The molecule has 0 bridgehead atoms. The van der Waals surface area contributed by atoms with Gasteiger partial charge in [0.05, 0.1) is 20.8 Å². The zero-order valence-electron chi connectivity index (χ0n) is 18.2. The van der Waals surface area contributed by atoms with E-state index in [-0.39, 0.29) is 5.91 Å². The normalized spacial score (nSPS) is 10.4. The van der Waals surface area contributed by atoms with Gasteiger partial charge in [0.1, 0.15) is 11.5 Å². The summed E-state index contributed by atoms with van der Waals surface area (Å²) in [5.41, 5.74) is 4.69. The van der Waals surface area contributed by atoms with Gasteiger partial charge in [-0.25, -0.2) is 0 Å². The molecule has 0 aliphatic heterocycles. The van der Waals surface area contributed by atoms with E-state index in [1.54, 1.807) is 43.4 Å². The second-order valence-corrected chi connectivity index (χ2v) is 7.34. The van der Waals surface area contributed by atoms with Crippen molar-refractivity contribution in [2.24, 2.45) is 0 Å². The Balaban J connectivity index is 1.74. The summed E-state index contributed by atoms with van der Waals surface area (Å²) in [4.78, 5) is 15.4. The summed E-state index contributed by atoms with van der Waals surface area (Å²) in [6, 6.07) is 33.2. The van der Waals surface area contributed by atoms with E-state index < -0.39 is 0 Å². The highest BCUT2D eigenvalue weighted by atomic mass is 16.5. The standard InChI is InChI=1S/C28H25NO3/c1-31-25-16-12-22(13-17-25)28(30)29(24-14-18-26(32-2)19-15-24)20-23-10-6-7-11-27(23)21-8-4-3-5-9-21/h3-19H,20H2,1-2H3. The highest BCUT2D eigenvalue weighted by Gasteiger charge is 2.20. The van der Waals surface area contributed by atoms with Gasteiger partial charge in [-0.2, -0.15) is 0 Å². The molecular formula is C28H25NO3. The third-order valence-corrected chi connectivity index (χ3v) is 5.40. The van der Waals surface area contributed by atoms with Crippen LogP contribution in [0.25, 0.3) is 11.1 Å². The molecule has 0 saturated carbocycles. The average Bonchev–Trinajstić information content (AvgIpc) is 2.88. The lowest BCUT2D eigenvalue weighted by Crippen LogP contribution is -2.30. The van der Waals surface area contributed by atoms with Crippen LogP contribution in [0.5, 0.6) is 11.5 Å². The fourth-order valence-electron chi connectivity index (χ4n) is 3.66. The first-order chi connectivity index (χ1) is 15.7. The van der Waals surface area contributed by atoms with E-state index >= 15 is 0 Å². The molecule has 160 valence electrons. The summed E-state index contributed by atoms with van der Waals surface area (Å²) in [7, 11) is 3.24. The zero-order valence-corrected chi connectivity index (χ0v) is 18.2. The molecule has 4 nitrogen and oxygen atoms in total. The second-order valence-electron chi connectivity index (χ2n) is 7.34. The van der Waals surface area contributed by atoms with Crippen molar-refractivity contribution in [3.63, 3.8) is 0 Å². The Hall–Kier alpha value is -4.05. The monoisotopic (exact) mass is 423 g/mol. The SMILES string of the molecule is COc1ccc(C(=O)N(Cc2ccccc2-c2ccccc2)c2ccc(OC)cc2)cc1. The number of anilines is 1. The van der Waals surface area contributed by atoms with Crippen LogP contribution in [0.15, 0.2) is 103 Å². The van der Waals surface area contributed by atoms with Crippen LogP contribution in [0.1, 0.15) is 15.9 Å². The fraction of sp³-hybridized carbons (Fsp3) is 0.107. The Morgan fingerprint density at radius 3 is 1.88 bits per heavy atom. The first-order valence-corrected chi connectivity index (χ1v) is 10.4. The Bertz CT molecular complexity index is 1170. The quantitative estimate of drug-likeness (QED) is 0.354. The van der Waals surface area contributed by atoms with Gasteiger partial charge < -0.3 is 14.4 Å². The molecule has 4 aromatic rings. The van der Waals surface area contributed by atoms with E-state index in [2.05, 4.69) is 24.3 Å². The molecule has 0 aliphatic rings. The Labute approximate surface area is 188 Å². The van der Waals surface area contributed by atoms with E-state index in [1.807, 2.05) is 54.6 Å². The number of ether oxygens (including phenoxy) is 2. The zero-order chi connectivity index (χ0) is 22.3. The topological polar surface area (TPSA) is 38.8 Å². The van der Waals surface area contributed by atoms with Crippen molar-refractivity contribution in [2.75, 3.05) is 19.1 Å². The maximum Gasteiger partial charge on any atom is 0.258 e. The molecule has 4 heteroatoms. The molecule has 4 aromatic carbocycles. The third kappa shape index (κ3) is 4.65. The van der Waals surface area contributed by atoms with E-state index in [1.165, 1.54) is 0 Å². The van der Waals surface area contributed by atoms with E-state index in [0.29, 0.717) is 17.9 Å². The first-order valence-electron chi connectivity index (χ1n) is 10.4. The highest BCUT2D eigenvalue weighted by molar-refractivity contribution is 6.06. The van der Waals surface area contributed by atoms with Crippen molar-refractivity contribution in [3.05, 3.63) is 114 Å². The van der Waals surface area contributed by atoms with Crippen LogP contribution in [0.2, 0.25) is 0 Å². The molecule has 0 unspecified atom stereocenters. The first kappa shape index (κ1) is 21.2. The Kier molecular flexibility index (Phi) is 6.52. The van der Waals surface area contributed by atoms with Gasteiger partial charge in [0.25, 0.3) is 5.91 Å². The second kappa shape index (κ2) is 9.84. The van der Waals surface area contributed by atoms with Crippen LogP contribution in [0.3, 0.4) is 0 Å². The van der Waals surface area contributed by atoms with Gasteiger partial charge >= 0.3 is 0 Å². The summed E-state index contributed by atoms with van der Waals surface area (Å²) in [6.07, 6.45) is 0. The van der Waals surface area contributed by atoms with Crippen molar-refractivity contribution in [1.29, 1.82) is 0 Å². The highest BCUT2D eigenvalue weighted by Crippen LogP contribution is 2.29. The average molecular weight is 424 g/mol. The van der Waals surface area contributed by atoms with Crippen LogP contribution >= 0.6 is 0 Å².